The van der Waals surface area contributed by atoms with E-state index in [9.17, 15) is 4.79 Å². The second kappa shape index (κ2) is 6.04. The molecule has 1 N–H and O–H groups in total. The summed E-state index contributed by atoms with van der Waals surface area (Å²) >= 11 is 5.76. The molecule has 0 unspecified atom stereocenters. The summed E-state index contributed by atoms with van der Waals surface area (Å²) in [6, 6.07) is 7.02. The van der Waals surface area contributed by atoms with E-state index in [-0.39, 0.29) is 6.54 Å². The average molecular weight is 238 g/mol. The zero-order chi connectivity index (χ0) is 12.0. The molecule has 0 fully saturated rings. The van der Waals surface area contributed by atoms with Crippen molar-refractivity contribution in [3.63, 3.8) is 0 Å². The number of carbonyl (C=O) groups is 1. The molecule has 0 spiro atoms. The Morgan fingerprint density at radius 3 is 2.56 bits per heavy atom. The zero-order valence-corrected chi connectivity index (χ0v) is 9.66. The van der Waals surface area contributed by atoms with Gasteiger partial charge in [-0.25, -0.2) is 0 Å². The monoisotopic (exact) mass is 237 g/mol. The Balaban J connectivity index is 2.85. The molecule has 1 aromatic carbocycles. The first kappa shape index (κ1) is 12.4. The molecule has 16 heavy (non-hydrogen) atoms. The van der Waals surface area contributed by atoms with Gasteiger partial charge in [-0.15, -0.1) is 5.92 Å². The van der Waals surface area contributed by atoms with E-state index >= 15 is 0 Å². The standard InChI is InChI=1S/C12H12ClNO2/c1-2-3-8-14(9-12(15)16)11-6-4-10(13)5-7-11/h4-7H,8-9H2,1H3,(H,15,16). The number of benzene rings is 1. The van der Waals surface area contributed by atoms with Crippen LogP contribution in [-0.2, 0) is 4.79 Å². The third kappa shape index (κ3) is 3.84. The summed E-state index contributed by atoms with van der Waals surface area (Å²) < 4.78 is 0. The second-order valence-electron chi connectivity index (χ2n) is 3.15. The number of aliphatic carboxylic acids is 1. The molecule has 0 aliphatic rings. The maximum atomic E-state index is 10.7. The normalized spacial score (nSPS) is 9.12. The van der Waals surface area contributed by atoms with E-state index in [0.29, 0.717) is 11.6 Å². The highest BCUT2D eigenvalue weighted by Gasteiger charge is 2.08. The fourth-order valence-electron chi connectivity index (χ4n) is 1.23. The van der Waals surface area contributed by atoms with Crippen molar-refractivity contribution in [2.75, 3.05) is 18.0 Å². The van der Waals surface area contributed by atoms with E-state index in [1.165, 1.54) is 0 Å². The highest BCUT2D eigenvalue weighted by Crippen LogP contribution is 2.17. The molecule has 0 heterocycles. The summed E-state index contributed by atoms with van der Waals surface area (Å²) in [5.41, 5.74) is 0.801. The van der Waals surface area contributed by atoms with Gasteiger partial charge in [0, 0.05) is 10.7 Å². The quantitative estimate of drug-likeness (QED) is 0.817. The van der Waals surface area contributed by atoms with Crippen LogP contribution in [0.4, 0.5) is 5.69 Å². The number of rotatable bonds is 4. The Morgan fingerprint density at radius 2 is 2.06 bits per heavy atom. The molecule has 0 saturated heterocycles. The first-order valence-electron chi connectivity index (χ1n) is 4.75. The number of hydrogen-bond acceptors (Lipinski definition) is 2. The fraction of sp³-hybridized carbons (Fsp3) is 0.250. The van der Waals surface area contributed by atoms with Crippen LogP contribution in [0.5, 0.6) is 0 Å². The summed E-state index contributed by atoms with van der Waals surface area (Å²) in [5.74, 6) is 4.71. The predicted molar refractivity (Wildman–Crippen MR) is 64.8 cm³/mol. The van der Waals surface area contributed by atoms with Crippen LogP contribution in [0.15, 0.2) is 24.3 Å². The molecule has 1 aromatic rings. The Morgan fingerprint density at radius 1 is 1.44 bits per heavy atom. The van der Waals surface area contributed by atoms with Gasteiger partial charge in [-0.2, -0.15) is 0 Å². The van der Waals surface area contributed by atoms with Crippen LogP contribution in [0.3, 0.4) is 0 Å². The highest BCUT2D eigenvalue weighted by molar-refractivity contribution is 6.30. The number of halogens is 1. The summed E-state index contributed by atoms with van der Waals surface area (Å²) in [7, 11) is 0. The second-order valence-corrected chi connectivity index (χ2v) is 3.59. The lowest BCUT2D eigenvalue weighted by Gasteiger charge is -2.19. The van der Waals surface area contributed by atoms with E-state index in [0.717, 1.165) is 5.69 Å². The van der Waals surface area contributed by atoms with Gasteiger partial charge < -0.3 is 10.0 Å². The van der Waals surface area contributed by atoms with Gasteiger partial charge in [-0.3, -0.25) is 4.79 Å². The van der Waals surface area contributed by atoms with Crippen molar-refractivity contribution < 1.29 is 9.90 Å². The first-order chi connectivity index (χ1) is 7.63. The molecule has 0 radical (unpaired) electrons. The summed E-state index contributed by atoms with van der Waals surface area (Å²) in [6.07, 6.45) is 0. The molecule has 0 amide bonds. The van der Waals surface area contributed by atoms with Crippen molar-refractivity contribution in [3.8, 4) is 11.8 Å². The van der Waals surface area contributed by atoms with Gasteiger partial charge in [0.05, 0.1) is 6.54 Å². The smallest absolute Gasteiger partial charge is 0.323 e. The molecule has 0 aliphatic carbocycles. The Bertz CT molecular complexity index is 417. The van der Waals surface area contributed by atoms with Crippen LogP contribution < -0.4 is 4.90 Å². The van der Waals surface area contributed by atoms with E-state index in [2.05, 4.69) is 11.8 Å². The van der Waals surface area contributed by atoms with Gasteiger partial charge in [0.1, 0.15) is 6.54 Å². The van der Waals surface area contributed by atoms with Crippen molar-refractivity contribution in [1.82, 2.24) is 0 Å². The van der Waals surface area contributed by atoms with Crippen LogP contribution >= 0.6 is 11.6 Å². The Hall–Kier alpha value is -1.66. The molecular weight excluding hydrogens is 226 g/mol. The van der Waals surface area contributed by atoms with Crippen LogP contribution in [0.25, 0.3) is 0 Å². The first-order valence-corrected chi connectivity index (χ1v) is 5.13. The van der Waals surface area contributed by atoms with E-state index in [4.69, 9.17) is 16.7 Å². The van der Waals surface area contributed by atoms with Crippen molar-refractivity contribution >= 4 is 23.3 Å². The third-order valence-corrected chi connectivity index (χ3v) is 2.22. The number of hydrogen-bond donors (Lipinski definition) is 1. The van der Waals surface area contributed by atoms with E-state index in [1.54, 1.807) is 36.1 Å². The topological polar surface area (TPSA) is 40.5 Å². The minimum atomic E-state index is -0.882. The number of carboxylic acid groups (broad SMARTS) is 1. The molecule has 4 heteroatoms. The summed E-state index contributed by atoms with van der Waals surface area (Å²) in [5, 5.41) is 9.41. The van der Waals surface area contributed by atoms with Crippen LogP contribution in [0.2, 0.25) is 5.02 Å². The SMILES string of the molecule is CC#CCN(CC(=O)O)c1ccc(Cl)cc1. The van der Waals surface area contributed by atoms with Gasteiger partial charge in [-0.1, -0.05) is 17.5 Å². The van der Waals surface area contributed by atoms with Crippen LogP contribution in [0.1, 0.15) is 6.92 Å². The van der Waals surface area contributed by atoms with Gasteiger partial charge >= 0.3 is 5.97 Å². The van der Waals surface area contributed by atoms with Crippen molar-refractivity contribution in [2.45, 2.75) is 6.92 Å². The minimum Gasteiger partial charge on any atom is -0.480 e. The lowest BCUT2D eigenvalue weighted by Crippen LogP contribution is -2.29. The van der Waals surface area contributed by atoms with Crippen molar-refractivity contribution in [3.05, 3.63) is 29.3 Å². The maximum absolute atomic E-state index is 10.7. The van der Waals surface area contributed by atoms with Gasteiger partial charge in [0.25, 0.3) is 0 Å². The molecule has 0 atom stereocenters. The molecule has 0 saturated carbocycles. The van der Waals surface area contributed by atoms with Gasteiger partial charge in [0.2, 0.25) is 0 Å². The van der Waals surface area contributed by atoms with Crippen LogP contribution in [0, 0.1) is 11.8 Å². The van der Waals surface area contributed by atoms with E-state index < -0.39 is 5.97 Å². The molecule has 84 valence electrons. The van der Waals surface area contributed by atoms with Crippen molar-refractivity contribution in [1.29, 1.82) is 0 Å². The third-order valence-electron chi connectivity index (χ3n) is 1.96. The largest absolute Gasteiger partial charge is 0.480 e. The lowest BCUT2D eigenvalue weighted by molar-refractivity contribution is -0.135. The molecule has 0 bridgehead atoms. The maximum Gasteiger partial charge on any atom is 0.323 e. The summed E-state index contributed by atoms with van der Waals surface area (Å²) in [6.45, 7) is 2.04. The van der Waals surface area contributed by atoms with Crippen molar-refractivity contribution in [2.24, 2.45) is 0 Å². The van der Waals surface area contributed by atoms with Gasteiger partial charge in [0.15, 0.2) is 0 Å². The Kier molecular flexibility index (Phi) is 4.68. The molecule has 0 aliphatic heterocycles. The molecule has 1 rings (SSSR count). The highest BCUT2D eigenvalue weighted by atomic mass is 35.5. The molecular formula is C12H12ClNO2. The zero-order valence-electron chi connectivity index (χ0n) is 8.90. The number of anilines is 1. The van der Waals surface area contributed by atoms with Crippen LogP contribution in [-0.4, -0.2) is 24.2 Å². The minimum absolute atomic E-state index is 0.0731. The fourth-order valence-corrected chi connectivity index (χ4v) is 1.35. The average Bonchev–Trinajstić information content (AvgIpc) is 2.25. The van der Waals surface area contributed by atoms with E-state index in [1.807, 2.05) is 0 Å². The number of carboxylic acids is 1. The lowest BCUT2D eigenvalue weighted by atomic mass is 10.3. The molecule has 3 nitrogen and oxygen atoms in total. The Labute approximate surface area is 99.6 Å². The predicted octanol–water partition coefficient (Wildman–Crippen LogP) is 2.25. The molecule has 0 aromatic heterocycles. The number of nitrogens with zero attached hydrogens (tertiary/aromatic N) is 1. The summed E-state index contributed by atoms with van der Waals surface area (Å²) in [4.78, 5) is 12.4. The van der Waals surface area contributed by atoms with Gasteiger partial charge in [-0.05, 0) is 31.2 Å².